The van der Waals surface area contributed by atoms with Crippen LogP contribution in [-0.2, 0) is 23.0 Å². The minimum atomic E-state index is -4.19. The van der Waals surface area contributed by atoms with Gasteiger partial charge in [0.05, 0.1) is 4.90 Å². The Hall–Kier alpha value is -1.39. The molecule has 0 saturated carbocycles. The summed E-state index contributed by atoms with van der Waals surface area (Å²) in [6, 6.07) is 9.43. The van der Waals surface area contributed by atoms with Crippen LogP contribution >= 0.6 is 0 Å². The van der Waals surface area contributed by atoms with Gasteiger partial charge in [0, 0.05) is 0 Å². The Morgan fingerprint density at radius 2 is 0.868 bits per heavy atom. The highest BCUT2D eigenvalue weighted by molar-refractivity contribution is 7.85. The summed E-state index contributed by atoms with van der Waals surface area (Å²) < 4.78 is 32.8. The second-order valence-electron chi connectivity index (χ2n) is 11.5. The average Bonchev–Trinajstić information content (AvgIpc) is 2.90. The van der Waals surface area contributed by atoms with Crippen molar-refractivity contribution in [3.8, 4) is 0 Å². The number of hydrogen-bond donors (Lipinski definition) is 1. The maximum absolute atomic E-state index is 11.7. The zero-order chi connectivity index (χ0) is 27.5. The van der Waals surface area contributed by atoms with Gasteiger partial charge in [-0.1, -0.05) is 148 Å². The topological polar surface area (TPSA) is 54.4 Å². The summed E-state index contributed by atoms with van der Waals surface area (Å²) in [6.07, 6.45) is 28.9. The molecule has 38 heavy (non-hydrogen) atoms. The van der Waals surface area contributed by atoms with Crippen LogP contribution in [0.1, 0.15) is 153 Å². The summed E-state index contributed by atoms with van der Waals surface area (Å²) in [4.78, 5) is -0.0164. The molecule has 0 aliphatic carbocycles. The Bertz CT molecular complexity index is 996. The molecule has 0 aromatic heterocycles. The molecule has 0 heterocycles. The molecule has 2 rings (SSSR count). The maximum atomic E-state index is 11.7. The number of unbranched alkanes of at least 4 members (excludes halogenated alkanes) is 18. The molecule has 0 bridgehead atoms. The van der Waals surface area contributed by atoms with Crippen molar-refractivity contribution in [3.05, 3.63) is 41.5 Å². The third-order valence-corrected chi connectivity index (χ3v) is 8.88. The monoisotopic (exact) mass is 544 g/mol. The highest BCUT2D eigenvalue weighted by Gasteiger charge is 2.12. The lowest BCUT2D eigenvalue weighted by molar-refractivity contribution is 0.483. The number of aryl methyl sites for hydroxylation is 2. The van der Waals surface area contributed by atoms with E-state index in [-0.39, 0.29) is 4.90 Å². The highest BCUT2D eigenvalue weighted by atomic mass is 32.2. The SMILES string of the molecule is CCCCCCCCCCCCc1cc2ccc(S(=O)(=O)O)cc2cc1CCCCCCCCCCCC. The third-order valence-electron chi connectivity index (χ3n) is 8.03. The van der Waals surface area contributed by atoms with E-state index in [9.17, 15) is 13.0 Å². The first-order valence-electron chi connectivity index (χ1n) is 16.0. The standard InChI is InChI=1S/C34H56O3S/c1-3-5-7-9-11-13-15-17-19-21-23-30-27-32-25-26-34(38(35,36)37)29-33(32)28-31(30)24-22-20-18-16-14-12-10-8-6-4-2/h25-29H,3-24H2,1-2H3,(H,35,36,37). The normalized spacial score (nSPS) is 12.0. The van der Waals surface area contributed by atoms with Gasteiger partial charge in [-0.05, 0) is 59.7 Å². The number of hydrogen-bond acceptors (Lipinski definition) is 2. The van der Waals surface area contributed by atoms with Crippen LogP contribution in [0.15, 0.2) is 35.2 Å². The molecule has 2 aromatic carbocycles. The largest absolute Gasteiger partial charge is 0.294 e. The van der Waals surface area contributed by atoms with E-state index in [0.29, 0.717) is 0 Å². The summed E-state index contributed by atoms with van der Waals surface area (Å²) in [5.74, 6) is 0. The minimum Gasteiger partial charge on any atom is -0.282 e. The quantitative estimate of drug-likeness (QED) is 0.112. The maximum Gasteiger partial charge on any atom is 0.294 e. The first-order valence-corrected chi connectivity index (χ1v) is 17.4. The zero-order valence-corrected chi connectivity index (χ0v) is 25.4. The minimum absolute atomic E-state index is 0.0164. The number of fused-ring (bicyclic) bond motifs is 1. The predicted octanol–water partition coefficient (Wildman–Crippen LogP) is 11.0. The fraction of sp³-hybridized carbons (Fsp3) is 0.706. The third kappa shape index (κ3) is 13.6. The van der Waals surface area contributed by atoms with E-state index in [1.54, 1.807) is 6.07 Å². The molecule has 4 heteroatoms. The molecule has 0 saturated heterocycles. The zero-order valence-electron chi connectivity index (χ0n) is 24.6. The van der Waals surface area contributed by atoms with E-state index < -0.39 is 10.1 Å². The van der Waals surface area contributed by atoms with Gasteiger partial charge in [-0.25, -0.2) is 0 Å². The van der Waals surface area contributed by atoms with Gasteiger partial charge in [-0.2, -0.15) is 8.42 Å². The van der Waals surface area contributed by atoms with Crippen molar-refractivity contribution in [3.63, 3.8) is 0 Å². The highest BCUT2D eigenvalue weighted by Crippen LogP contribution is 2.26. The van der Waals surface area contributed by atoms with Gasteiger partial charge in [-0.3, -0.25) is 4.55 Å². The summed E-state index contributed by atoms with van der Waals surface area (Å²) in [7, 11) is -4.19. The van der Waals surface area contributed by atoms with Gasteiger partial charge in [0.2, 0.25) is 0 Å². The number of rotatable bonds is 23. The molecule has 0 fully saturated rings. The van der Waals surface area contributed by atoms with Crippen LogP contribution in [0.25, 0.3) is 10.8 Å². The van der Waals surface area contributed by atoms with Crippen LogP contribution in [0.2, 0.25) is 0 Å². The Labute approximate surface area is 235 Å². The van der Waals surface area contributed by atoms with Crippen LogP contribution in [0.3, 0.4) is 0 Å². The summed E-state index contributed by atoms with van der Waals surface area (Å²) in [6.45, 7) is 4.54. The average molecular weight is 545 g/mol. The number of benzene rings is 2. The first kappa shape index (κ1) is 32.8. The molecule has 0 atom stereocenters. The molecule has 0 unspecified atom stereocenters. The van der Waals surface area contributed by atoms with Crippen molar-refractivity contribution in [2.45, 2.75) is 160 Å². The molecular weight excluding hydrogens is 488 g/mol. The Balaban J connectivity index is 1.86. The molecular formula is C34H56O3S. The fourth-order valence-corrected chi connectivity index (χ4v) is 6.12. The van der Waals surface area contributed by atoms with Crippen LogP contribution in [-0.4, -0.2) is 13.0 Å². The van der Waals surface area contributed by atoms with E-state index >= 15 is 0 Å². The van der Waals surface area contributed by atoms with Gasteiger partial charge in [0.25, 0.3) is 10.1 Å². The van der Waals surface area contributed by atoms with Gasteiger partial charge < -0.3 is 0 Å². The molecule has 0 aliphatic rings. The van der Waals surface area contributed by atoms with Crippen molar-refractivity contribution in [2.75, 3.05) is 0 Å². The second-order valence-corrected chi connectivity index (χ2v) is 12.9. The van der Waals surface area contributed by atoms with Crippen molar-refractivity contribution in [2.24, 2.45) is 0 Å². The molecule has 216 valence electrons. The van der Waals surface area contributed by atoms with E-state index in [1.165, 1.54) is 146 Å². The van der Waals surface area contributed by atoms with Crippen LogP contribution in [0.4, 0.5) is 0 Å². The van der Waals surface area contributed by atoms with Gasteiger partial charge in [-0.15, -0.1) is 0 Å². The smallest absolute Gasteiger partial charge is 0.282 e. The lowest BCUT2D eigenvalue weighted by atomic mass is 9.93. The van der Waals surface area contributed by atoms with Crippen molar-refractivity contribution >= 4 is 20.9 Å². The summed E-state index contributed by atoms with van der Waals surface area (Å²) >= 11 is 0. The Morgan fingerprint density at radius 1 is 0.500 bits per heavy atom. The lowest BCUT2D eigenvalue weighted by Gasteiger charge is -2.13. The summed E-state index contributed by atoms with van der Waals surface area (Å²) in [5.41, 5.74) is 2.79. The molecule has 0 amide bonds. The lowest BCUT2D eigenvalue weighted by Crippen LogP contribution is -1.99. The molecule has 1 N–H and O–H groups in total. The molecule has 0 spiro atoms. The molecule has 2 aromatic rings. The second kappa shape index (κ2) is 19.6. The molecule has 0 radical (unpaired) electrons. The molecule has 3 nitrogen and oxygen atoms in total. The van der Waals surface area contributed by atoms with Crippen LogP contribution < -0.4 is 0 Å². The van der Waals surface area contributed by atoms with Crippen LogP contribution in [0, 0.1) is 0 Å². The Kier molecular flexibility index (Phi) is 17.0. The first-order chi connectivity index (χ1) is 18.5. The van der Waals surface area contributed by atoms with E-state index in [2.05, 4.69) is 26.0 Å². The van der Waals surface area contributed by atoms with Gasteiger partial charge in [0.1, 0.15) is 0 Å². The van der Waals surface area contributed by atoms with Crippen molar-refractivity contribution in [1.82, 2.24) is 0 Å². The van der Waals surface area contributed by atoms with E-state index in [0.717, 1.165) is 23.6 Å². The van der Waals surface area contributed by atoms with Gasteiger partial charge in [0.15, 0.2) is 0 Å². The van der Waals surface area contributed by atoms with Gasteiger partial charge >= 0.3 is 0 Å². The predicted molar refractivity (Wildman–Crippen MR) is 165 cm³/mol. The van der Waals surface area contributed by atoms with Crippen molar-refractivity contribution < 1.29 is 13.0 Å². The molecule has 0 aliphatic heterocycles. The fourth-order valence-electron chi connectivity index (χ4n) is 5.60. The van der Waals surface area contributed by atoms with E-state index in [4.69, 9.17) is 0 Å². The Morgan fingerprint density at radius 3 is 1.26 bits per heavy atom. The van der Waals surface area contributed by atoms with Crippen LogP contribution in [0.5, 0.6) is 0 Å². The summed E-state index contributed by atoms with van der Waals surface area (Å²) in [5, 5.41) is 1.97. The van der Waals surface area contributed by atoms with Crippen molar-refractivity contribution in [1.29, 1.82) is 0 Å². The van der Waals surface area contributed by atoms with E-state index in [1.807, 2.05) is 6.07 Å².